The van der Waals surface area contributed by atoms with Crippen LogP contribution in [0.1, 0.15) is 34.7 Å². The van der Waals surface area contributed by atoms with E-state index in [2.05, 4.69) is 35.3 Å². The van der Waals surface area contributed by atoms with Crippen LogP contribution in [-0.4, -0.2) is 6.61 Å². The zero-order valence-electron chi connectivity index (χ0n) is 18.1. The fourth-order valence-electron chi connectivity index (χ4n) is 3.34. The van der Waals surface area contributed by atoms with E-state index < -0.39 is 24.0 Å². The van der Waals surface area contributed by atoms with Gasteiger partial charge in [-0.2, -0.15) is 8.78 Å². The molecule has 0 radical (unpaired) electrons. The van der Waals surface area contributed by atoms with Gasteiger partial charge in [-0.1, -0.05) is 54.9 Å². The van der Waals surface area contributed by atoms with E-state index in [1.165, 1.54) is 17.7 Å². The summed E-state index contributed by atoms with van der Waals surface area (Å²) < 4.78 is 57.4. The van der Waals surface area contributed by atoms with Gasteiger partial charge in [0.05, 0.1) is 5.56 Å². The molecular weight excluding hydrogens is 440 g/mol. The molecular formula is C29H18F4O. The zero-order valence-corrected chi connectivity index (χ0v) is 18.1. The van der Waals surface area contributed by atoms with Gasteiger partial charge in [0, 0.05) is 22.1 Å². The molecule has 1 nitrogen and oxygen atoms in total. The smallest absolute Gasteiger partial charge is 0.387 e. The molecule has 4 aromatic rings. The third kappa shape index (κ3) is 5.39. The van der Waals surface area contributed by atoms with Gasteiger partial charge in [0.15, 0.2) is 11.6 Å². The summed E-state index contributed by atoms with van der Waals surface area (Å²) >= 11 is 0. The highest BCUT2D eigenvalue weighted by atomic mass is 19.3. The van der Waals surface area contributed by atoms with Crippen molar-refractivity contribution in [3.8, 4) is 29.4 Å². The maximum Gasteiger partial charge on any atom is 0.387 e. The average molecular weight is 458 g/mol. The molecule has 0 amide bonds. The third-order valence-electron chi connectivity index (χ3n) is 5.16. The summed E-state index contributed by atoms with van der Waals surface area (Å²) in [6, 6.07) is 19.9. The second kappa shape index (κ2) is 10.1. The molecule has 0 aliphatic carbocycles. The van der Waals surface area contributed by atoms with Gasteiger partial charge >= 0.3 is 6.61 Å². The number of aryl methyl sites for hydroxylation is 1. The first-order chi connectivity index (χ1) is 16.4. The van der Waals surface area contributed by atoms with E-state index in [4.69, 9.17) is 0 Å². The Balaban J connectivity index is 1.57. The number of alkyl halides is 2. The number of hydrogen-bond donors (Lipinski definition) is 0. The van der Waals surface area contributed by atoms with Gasteiger partial charge in [-0.3, -0.25) is 0 Å². The first-order valence-electron chi connectivity index (χ1n) is 10.5. The van der Waals surface area contributed by atoms with Crippen LogP contribution >= 0.6 is 0 Å². The van der Waals surface area contributed by atoms with E-state index in [9.17, 15) is 17.6 Å². The lowest BCUT2D eigenvalue weighted by molar-refractivity contribution is -0.0521. The van der Waals surface area contributed by atoms with Gasteiger partial charge in [-0.15, -0.1) is 0 Å². The van der Waals surface area contributed by atoms with Crippen molar-refractivity contribution < 1.29 is 22.3 Å². The Bertz CT molecular complexity index is 1470. The normalized spacial score (nSPS) is 10.4. The van der Waals surface area contributed by atoms with Crippen molar-refractivity contribution in [1.29, 1.82) is 0 Å². The van der Waals surface area contributed by atoms with Crippen molar-refractivity contribution in [1.82, 2.24) is 0 Å². The molecule has 0 unspecified atom stereocenters. The standard InChI is InChI=1S/C29H18F4O/c1-2-19-3-5-20(6-4-19)7-8-21-10-15-25-24(17-21)14-13-23(28(25)31)12-9-22-11-16-27(26(30)18-22)34-29(32)33/h3-6,10-11,13-18,29H,2H2,1H3. The highest BCUT2D eigenvalue weighted by Gasteiger charge is 2.10. The lowest BCUT2D eigenvalue weighted by Crippen LogP contribution is -2.03. The molecule has 4 aromatic carbocycles. The van der Waals surface area contributed by atoms with Gasteiger partial charge in [0.2, 0.25) is 0 Å². The molecule has 0 saturated heterocycles. The van der Waals surface area contributed by atoms with Crippen molar-refractivity contribution in [2.24, 2.45) is 0 Å². The van der Waals surface area contributed by atoms with Crippen LogP contribution in [0.5, 0.6) is 5.75 Å². The second-order valence-electron chi connectivity index (χ2n) is 7.44. The predicted octanol–water partition coefficient (Wildman–Crippen LogP) is 7.08. The van der Waals surface area contributed by atoms with Crippen molar-refractivity contribution >= 4 is 10.8 Å². The lowest BCUT2D eigenvalue weighted by atomic mass is 10.0. The van der Waals surface area contributed by atoms with Crippen molar-refractivity contribution in [3.05, 3.63) is 112 Å². The fourth-order valence-corrected chi connectivity index (χ4v) is 3.34. The Kier molecular flexibility index (Phi) is 6.85. The fraction of sp³-hybridized carbons (Fsp3) is 0.103. The molecule has 0 aliphatic heterocycles. The first-order valence-corrected chi connectivity index (χ1v) is 10.5. The largest absolute Gasteiger partial charge is 0.432 e. The van der Waals surface area contributed by atoms with Crippen LogP contribution in [0.15, 0.2) is 72.8 Å². The minimum absolute atomic E-state index is 0.135. The topological polar surface area (TPSA) is 9.23 Å². The van der Waals surface area contributed by atoms with Crippen LogP contribution in [0.3, 0.4) is 0 Å². The molecule has 0 aromatic heterocycles. The van der Waals surface area contributed by atoms with E-state index in [0.717, 1.165) is 29.7 Å². The molecule has 0 N–H and O–H groups in total. The molecule has 5 heteroatoms. The molecule has 168 valence electrons. The first kappa shape index (κ1) is 23.0. The SMILES string of the molecule is CCc1ccc(C#Cc2ccc3c(F)c(C#Cc4ccc(OC(F)F)c(F)c4)ccc3c2)cc1. The molecule has 0 spiro atoms. The van der Waals surface area contributed by atoms with E-state index in [1.54, 1.807) is 24.3 Å². The summed E-state index contributed by atoms with van der Waals surface area (Å²) in [6.07, 6.45) is 0.968. The number of hydrogen-bond acceptors (Lipinski definition) is 1. The summed E-state index contributed by atoms with van der Waals surface area (Å²) in [7, 11) is 0. The minimum Gasteiger partial charge on any atom is -0.432 e. The predicted molar refractivity (Wildman–Crippen MR) is 125 cm³/mol. The highest BCUT2D eigenvalue weighted by Crippen LogP contribution is 2.23. The van der Waals surface area contributed by atoms with Gasteiger partial charge in [0.25, 0.3) is 0 Å². The van der Waals surface area contributed by atoms with Gasteiger partial charge in [-0.25, -0.2) is 8.78 Å². The van der Waals surface area contributed by atoms with E-state index in [1.807, 2.05) is 24.3 Å². The Labute approximate surface area is 195 Å². The quantitative estimate of drug-likeness (QED) is 0.235. The van der Waals surface area contributed by atoms with E-state index in [-0.39, 0.29) is 11.1 Å². The van der Waals surface area contributed by atoms with Crippen LogP contribution in [0, 0.1) is 35.3 Å². The molecule has 34 heavy (non-hydrogen) atoms. The Hall–Kier alpha value is -4.22. The van der Waals surface area contributed by atoms with Gasteiger partial charge in [0.1, 0.15) is 5.82 Å². The Morgan fingerprint density at radius 2 is 1.38 bits per heavy atom. The van der Waals surface area contributed by atoms with Crippen molar-refractivity contribution in [2.45, 2.75) is 20.0 Å². The summed E-state index contributed by atoms with van der Waals surface area (Å²) in [5.74, 6) is 9.49. The van der Waals surface area contributed by atoms with Gasteiger partial charge < -0.3 is 4.74 Å². The number of fused-ring (bicyclic) bond motifs is 1. The molecule has 0 saturated carbocycles. The van der Waals surface area contributed by atoms with E-state index in [0.29, 0.717) is 10.8 Å². The molecule has 0 fully saturated rings. The second-order valence-corrected chi connectivity index (χ2v) is 7.44. The van der Waals surface area contributed by atoms with Crippen LogP contribution in [0.2, 0.25) is 0 Å². The van der Waals surface area contributed by atoms with Gasteiger partial charge in [-0.05, 0) is 65.9 Å². The number of benzene rings is 4. The lowest BCUT2D eigenvalue weighted by Gasteiger charge is -2.05. The maximum absolute atomic E-state index is 15.0. The molecule has 0 aliphatic rings. The molecule has 4 rings (SSSR count). The third-order valence-corrected chi connectivity index (χ3v) is 5.16. The van der Waals surface area contributed by atoms with Crippen LogP contribution in [0.4, 0.5) is 17.6 Å². The molecule has 0 atom stereocenters. The Morgan fingerprint density at radius 3 is 2.09 bits per heavy atom. The summed E-state index contributed by atoms with van der Waals surface area (Å²) in [6.45, 7) is -1.03. The summed E-state index contributed by atoms with van der Waals surface area (Å²) in [5, 5.41) is 1.06. The summed E-state index contributed by atoms with van der Waals surface area (Å²) in [5.41, 5.74) is 3.24. The molecule has 0 bridgehead atoms. The number of ether oxygens (including phenoxy) is 1. The van der Waals surface area contributed by atoms with Crippen LogP contribution in [-0.2, 0) is 6.42 Å². The highest BCUT2D eigenvalue weighted by molar-refractivity contribution is 5.86. The van der Waals surface area contributed by atoms with Crippen molar-refractivity contribution in [2.75, 3.05) is 0 Å². The number of rotatable bonds is 3. The zero-order chi connectivity index (χ0) is 24.1. The minimum atomic E-state index is -3.13. The number of halogens is 4. The van der Waals surface area contributed by atoms with Crippen molar-refractivity contribution in [3.63, 3.8) is 0 Å². The van der Waals surface area contributed by atoms with Crippen LogP contribution < -0.4 is 4.74 Å². The maximum atomic E-state index is 15.0. The Morgan fingerprint density at radius 1 is 0.735 bits per heavy atom. The monoisotopic (exact) mass is 458 g/mol. The van der Waals surface area contributed by atoms with E-state index >= 15 is 0 Å². The van der Waals surface area contributed by atoms with Crippen LogP contribution in [0.25, 0.3) is 10.8 Å². The average Bonchev–Trinajstić information content (AvgIpc) is 2.84. The molecule has 0 heterocycles. The summed E-state index contributed by atoms with van der Waals surface area (Å²) in [4.78, 5) is 0.